The van der Waals surface area contributed by atoms with Crippen LogP contribution in [0, 0.1) is 17.6 Å². The minimum absolute atomic E-state index is 0.0480. The van der Waals surface area contributed by atoms with Crippen molar-refractivity contribution < 1.29 is 18.7 Å². The van der Waals surface area contributed by atoms with Gasteiger partial charge in [0.25, 0.3) is 0 Å². The molecule has 0 aromatic heterocycles. The van der Waals surface area contributed by atoms with Gasteiger partial charge in [0.15, 0.2) is 5.82 Å². The Labute approximate surface area is 127 Å². The highest BCUT2D eigenvalue weighted by molar-refractivity contribution is 6.33. The molecular formula is C14H19ClF2N2O2. The number of aliphatic hydroxyl groups is 1. The molecule has 0 bridgehead atoms. The van der Waals surface area contributed by atoms with Crippen molar-refractivity contribution in [2.24, 2.45) is 5.92 Å². The molecule has 118 valence electrons. The second kappa shape index (κ2) is 8.79. The van der Waals surface area contributed by atoms with Gasteiger partial charge >= 0.3 is 6.03 Å². The predicted molar refractivity (Wildman–Crippen MR) is 78.5 cm³/mol. The standard InChI is InChI=1S/C14H19ClF2N2O2/c1-2-3-9(4-5-20)8-18-14(21)19-13-11(15)6-10(16)7-12(13)17/h6-7,9,20H,2-5,8H2,1H3,(H2,18,19,21). The molecule has 0 radical (unpaired) electrons. The Hall–Kier alpha value is -1.40. The molecule has 0 saturated heterocycles. The molecule has 0 fully saturated rings. The predicted octanol–water partition coefficient (Wildman–Crippen LogP) is 3.54. The Morgan fingerprint density at radius 2 is 2.10 bits per heavy atom. The summed E-state index contributed by atoms with van der Waals surface area (Å²) in [7, 11) is 0. The van der Waals surface area contributed by atoms with Crippen molar-refractivity contribution >= 4 is 23.3 Å². The zero-order valence-corrected chi connectivity index (χ0v) is 12.5. The van der Waals surface area contributed by atoms with E-state index in [1.807, 2.05) is 6.92 Å². The Morgan fingerprint density at radius 1 is 1.38 bits per heavy atom. The van der Waals surface area contributed by atoms with E-state index in [-0.39, 0.29) is 23.2 Å². The average Bonchev–Trinajstić information content (AvgIpc) is 2.40. The summed E-state index contributed by atoms with van der Waals surface area (Å²) < 4.78 is 26.4. The molecule has 1 atom stereocenters. The summed E-state index contributed by atoms with van der Waals surface area (Å²) in [4.78, 5) is 11.7. The average molecular weight is 321 g/mol. The number of benzene rings is 1. The summed E-state index contributed by atoms with van der Waals surface area (Å²) in [6.07, 6.45) is 2.39. The van der Waals surface area contributed by atoms with Crippen LogP contribution in [0.4, 0.5) is 19.3 Å². The van der Waals surface area contributed by atoms with Crippen molar-refractivity contribution in [1.82, 2.24) is 5.32 Å². The van der Waals surface area contributed by atoms with Gasteiger partial charge in [-0.3, -0.25) is 0 Å². The third kappa shape index (κ3) is 5.85. The number of nitrogens with one attached hydrogen (secondary N) is 2. The summed E-state index contributed by atoms with van der Waals surface area (Å²) in [5, 5.41) is 13.6. The molecule has 0 saturated carbocycles. The zero-order chi connectivity index (χ0) is 15.8. The van der Waals surface area contributed by atoms with E-state index in [0.29, 0.717) is 19.0 Å². The van der Waals surface area contributed by atoms with E-state index >= 15 is 0 Å². The molecule has 4 nitrogen and oxygen atoms in total. The van der Waals surface area contributed by atoms with Gasteiger partial charge in [0.2, 0.25) is 0 Å². The fourth-order valence-corrected chi connectivity index (χ4v) is 2.24. The molecule has 2 amide bonds. The summed E-state index contributed by atoms with van der Waals surface area (Å²) in [5.41, 5.74) is -0.259. The Balaban J connectivity index is 2.57. The van der Waals surface area contributed by atoms with Crippen molar-refractivity contribution in [3.63, 3.8) is 0 Å². The highest BCUT2D eigenvalue weighted by Crippen LogP contribution is 2.26. The van der Waals surface area contributed by atoms with Crippen LogP contribution in [-0.2, 0) is 0 Å². The first-order valence-corrected chi connectivity index (χ1v) is 7.16. The maximum atomic E-state index is 13.5. The van der Waals surface area contributed by atoms with Crippen molar-refractivity contribution in [3.05, 3.63) is 28.8 Å². The van der Waals surface area contributed by atoms with Crippen LogP contribution in [0.3, 0.4) is 0 Å². The Kier molecular flexibility index (Phi) is 7.39. The summed E-state index contributed by atoms with van der Waals surface area (Å²) >= 11 is 5.69. The molecule has 1 aromatic carbocycles. The highest BCUT2D eigenvalue weighted by atomic mass is 35.5. The summed E-state index contributed by atoms with van der Waals surface area (Å²) in [6.45, 7) is 2.42. The van der Waals surface area contributed by atoms with Crippen molar-refractivity contribution in [2.45, 2.75) is 26.2 Å². The summed E-state index contributed by atoms with van der Waals surface area (Å²) in [5.74, 6) is -1.59. The molecule has 1 aromatic rings. The maximum absolute atomic E-state index is 13.5. The van der Waals surface area contributed by atoms with Gasteiger partial charge in [-0.1, -0.05) is 24.9 Å². The van der Waals surface area contributed by atoms with E-state index in [9.17, 15) is 13.6 Å². The number of carbonyl (C=O) groups is 1. The second-order valence-corrected chi connectivity index (χ2v) is 5.15. The van der Waals surface area contributed by atoms with Gasteiger partial charge < -0.3 is 15.7 Å². The van der Waals surface area contributed by atoms with Crippen LogP contribution in [-0.4, -0.2) is 24.3 Å². The largest absolute Gasteiger partial charge is 0.396 e. The number of aliphatic hydroxyl groups excluding tert-OH is 1. The van der Waals surface area contributed by atoms with Crippen molar-refractivity contribution in [3.8, 4) is 0 Å². The molecular weight excluding hydrogens is 302 g/mol. The smallest absolute Gasteiger partial charge is 0.319 e. The minimum Gasteiger partial charge on any atom is -0.396 e. The van der Waals surface area contributed by atoms with E-state index in [1.165, 1.54) is 0 Å². The number of amides is 2. The quantitative estimate of drug-likeness (QED) is 0.719. The number of anilines is 1. The number of carbonyl (C=O) groups excluding carboxylic acids is 1. The molecule has 21 heavy (non-hydrogen) atoms. The van der Waals surface area contributed by atoms with Crippen LogP contribution in [0.5, 0.6) is 0 Å². The molecule has 0 heterocycles. The van der Waals surface area contributed by atoms with Crippen LogP contribution >= 0.6 is 11.6 Å². The lowest BCUT2D eigenvalue weighted by atomic mass is 10.0. The lowest BCUT2D eigenvalue weighted by Crippen LogP contribution is -2.33. The van der Waals surface area contributed by atoms with Gasteiger partial charge in [-0.2, -0.15) is 0 Å². The third-order valence-electron chi connectivity index (χ3n) is 3.03. The molecule has 0 aliphatic carbocycles. The topological polar surface area (TPSA) is 61.4 Å². The summed E-state index contributed by atoms with van der Waals surface area (Å²) in [6, 6.07) is 0.945. The van der Waals surface area contributed by atoms with Crippen LogP contribution in [0.25, 0.3) is 0 Å². The molecule has 3 N–H and O–H groups in total. The van der Waals surface area contributed by atoms with Gasteiger partial charge in [-0.15, -0.1) is 0 Å². The molecule has 0 aliphatic rings. The van der Waals surface area contributed by atoms with Crippen LogP contribution < -0.4 is 10.6 Å². The van der Waals surface area contributed by atoms with Crippen LogP contribution in [0.1, 0.15) is 26.2 Å². The molecule has 0 spiro atoms. The molecule has 1 unspecified atom stereocenters. The zero-order valence-electron chi connectivity index (χ0n) is 11.8. The van der Waals surface area contributed by atoms with Gasteiger partial charge in [-0.25, -0.2) is 13.6 Å². The normalized spacial score (nSPS) is 12.0. The first-order chi connectivity index (χ1) is 9.97. The SMILES string of the molecule is CCCC(CCO)CNC(=O)Nc1c(F)cc(F)cc1Cl. The number of urea groups is 1. The van der Waals surface area contributed by atoms with E-state index in [1.54, 1.807) is 0 Å². The first kappa shape index (κ1) is 17.7. The maximum Gasteiger partial charge on any atom is 0.319 e. The fraction of sp³-hybridized carbons (Fsp3) is 0.500. The monoisotopic (exact) mass is 320 g/mol. The Bertz CT molecular complexity index is 457. The fourth-order valence-electron chi connectivity index (χ4n) is 2.00. The van der Waals surface area contributed by atoms with Gasteiger partial charge in [0, 0.05) is 19.2 Å². The van der Waals surface area contributed by atoms with Crippen LogP contribution in [0.15, 0.2) is 12.1 Å². The lowest BCUT2D eigenvalue weighted by molar-refractivity contribution is 0.236. The van der Waals surface area contributed by atoms with Crippen molar-refractivity contribution in [1.29, 1.82) is 0 Å². The third-order valence-corrected chi connectivity index (χ3v) is 3.33. The van der Waals surface area contributed by atoms with E-state index in [0.717, 1.165) is 18.9 Å². The Morgan fingerprint density at radius 3 is 2.67 bits per heavy atom. The van der Waals surface area contributed by atoms with E-state index < -0.39 is 17.7 Å². The second-order valence-electron chi connectivity index (χ2n) is 4.75. The van der Waals surface area contributed by atoms with Gasteiger partial charge in [0.1, 0.15) is 5.82 Å². The number of rotatable bonds is 7. The molecule has 0 aliphatic heterocycles. The highest BCUT2D eigenvalue weighted by Gasteiger charge is 2.14. The van der Waals surface area contributed by atoms with Crippen molar-refractivity contribution in [2.75, 3.05) is 18.5 Å². The number of halogens is 3. The first-order valence-electron chi connectivity index (χ1n) is 6.78. The number of hydrogen-bond acceptors (Lipinski definition) is 2. The molecule has 7 heteroatoms. The minimum atomic E-state index is -0.935. The van der Waals surface area contributed by atoms with E-state index in [2.05, 4.69) is 10.6 Å². The van der Waals surface area contributed by atoms with E-state index in [4.69, 9.17) is 16.7 Å². The van der Waals surface area contributed by atoms with Gasteiger partial charge in [0.05, 0.1) is 10.7 Å². The lowest BCUT2D eigenvalue weighted by Gasteiger charge is -2.16. The van der Waals surface area contributed by atoms with Gasteiger partial charge in [-0.05, 0) is 24.8 Å². The molecule has 1 rings (SSSR count). The van der Waals surface area contributed by atoms with Crippen LogP contribution in [0.2, 0.25) is 5.02 Å². The number of hydrogen-bond donors (Lipinski definition) is 3.